The first-order valence-electron chi connectivity index (χ1n) is 7.47. The second kappa shape index (κ2) is 4.41. The molecule has 0 radical (unpaired) electrons. The van der Waals surface area contributed by atoms with Crippen LogP contribution in [-0.2, 0) is 0 Å². The fourth-order valence-corrected chi connectivity index (χ4v) is 3.25. The maximum Gasteiger partial charge on any atom is 0.0663 e. The Hall–Kier alpha value is -1.70. The number of fused-ring (bicyclic) bond motifs is 3. The fourth-order valence-electron chi connectivity index (χ4n) is 3.25. The van der Waals surface area contributed by atoms with Gasteiger partial charge in [-0.2, -0.15) is 0 Å². The molecule has 2 atom stereocenters. The van der Waals surface area contributed by atoms with Crippen LogP contribution in [0, 0.1) is 0 Å². The van der Waals surface area contributed by atoms with E-state index in [1.807, 2.05) is 0 Å². The van der Waals surface area contributed by atoms with Gasteiger partial charge in [-0.15, -0.1) is 0 Å². The zero-order valence-corrected chi connectivity index (χ0v) is 13.3. The first-order chi connectivity index (χ1) is 9.41. The van der Waals surface area contributed by atoms with E-state index in [1.54, 1.807) is 0 Å². The second-order valence-corrected chi connectivity index (χ2v) is 6.26. The molecule has 0 aliphatic carbocycles. The Morgan fingerprint density at radius 1 is 0.700 bits per heavy atom. The summed E-state index contributed by atoms with van der Waals surface area (Å²) in [4.78, 5) is 0. The first-order valence-corrected chi connectivity index (χ1v) is 7.47. The molecule has 0 bridgehead atoms. The summed E-state index contributed by atoms with van der Waals surface area (Å²) in [7, 11) is 0. The van der Waals surface area contributed by atoms with Crippen LogP contribution in [0.5, 0.6) is 0 Å². The quantitative estimate of drug-likeness (QED) is 0.699. The van der Waals surface area contributed by atoms with Gasteiger partial charge in [-0.3, -0.25) is 0 Å². The van der Waals surface area contributed by atoms with Crippen LogP contribution in [0.3, 0.4) is 0 Å². The predicted molar refractivity (Wildman–Crippen MR) is 89.1 cm³/mol. The monoisotopic (exact) mass is 268 g/mol. The SMILES string of the molecule is CC1=C(C)C(C)Nc2c1ccc1c2NC(C)C(C)=C1C. The highest BCUT2D eigenvalue weighted by Gasteiger charge is 2.27. The van der Waals surface area contributed by atoms with E-state index >= 15 is 0 Å². The lowest BCUT2D eigenvalue weighted by Gasteiger charge is -2.34. The van der Waals surface area contributed by atoms with E-state index in [9.17, 15) is 0 Å². The second-order valence-electron chi connectivity index (χ2n) is 6.26. The van der Waals surface area contributed by atoms with Crippen molar-refractivity contribution in [2.75, 3.05) is 10.6 Å². The van der Waals surface area contributed by atoms with Gasteiger partial charge in [-0.1, -0.05) is 12.1 Å². The maximum atomic E-state index is 3.68. The van der Waals surface area contributed by atoms with E-state index in [1.165, 1.54) is 44.8 Å². The van der Waals surface area contributed by atoms with E-state index in [0.29, 0.717) is 12.1 Å². The van der Waals surface area contributed by atoms with Gasteiger partial charge in [-0.25, -0.2) is 0 Å². The van der Waals surface area contributed by atoms with Crippen LogP contribution in [0.2, 0.25) is 0 Å². The van der Waals surface area contributed by atoms with E-state index in [4.69, 9.17) is 0 Å². The Balaban J connectivity index is 2.26. The highest BCUT2D eigenvalue weighted by atomic mass is 15.0. The third-order valence-electron chi connectivity index (χ3n) is 5.22. The molecule has 2 aliphatic rings. The first kappa shape index (κ1) is 13.3. The number of benzene rings is 1. The summed E-state index contributed by atoms with van der Waals surface area (Å²) >= 11 is 0. The van der Waals surface area contributed by atoms with Gasteiger partial charge < -0.3 is 10.6 Å². The van der Waals surface area contributed by atoms with Crippen molar-refractivity contribution in [1.82, 2.24) is 0 Å². The van der Waals surface area contributed by atoms with Crippen LogP contribution in [0.25, 0.3) is 11.1 Å². The summed E-state index contributed by atoms with van der Waals surface area (Å²) in [6.07, 6.45) is 0. The lowest BCUT2D eigenvalue weighted by molar-refractivity contribution is 0.891. The summed E-state index contributed by atoms with van der Waals surface area (Å²) in [6, 6.07) is 5.33. The van der Waals surface area contributed by atoms with E-state index < -0.39 is 0 Å². The van der Waals surface area contributed by atoms with Gasteiger partial charge in [0.2, 0.25) is 0 Å². The Kier molecular flexibility index (Phi) is 2.93. The average molecular weight is 268 g/mol. The molecule has 2 unspecified atom stereocenters. The van der Waals surface area contributed by atoms with Crippen LogP contribution in [0.4, 0.5) is 11.4 Å². The van der Waals surface area contributed by atoms with Crippen LogP contribution >= 0.6 is 0 Å². The van der Waals surface area contributed by atoms with Crippen LogP contribution in [0.15, 0.2) is 23.3 Å². The molecule has 1 aromatic carbocycles. The zero-order chi connectivity index (χ0) is 14.6. The molecule has 3 rings (SSSR count). The molecule has 2 N–H and O–H groups in total. The molecule has 0 fully saturated rings. The topological polar surface area (TPSA) is 24.1 Å². The van der Waals surface area contributed by atoms with Gasteiger partial charge in [0.1, 0.15) is 0 Å². The number of anilines is 2. The summed E-state index contributed by atoms with van der Waals surface area (Å²) in [6.45, 7) is 13.4. The van der Waals surface area contributed by atoms with Crippen molar-refractivity contribution >= 4 is 22.5 Å². The normalized spacial score (nSPS) is 24.9. The molecular formula is C18H24N2. The van der Waals surface area contributed by atoms with E-state index in [2.05, 4.69) is 64.3 Å². The van der Waals surface area contributed by atoms with Gasteiger partial charge in [0.25, 0.3) is 0 Å². The molecule has 0 amide bonds. The molecule has 2 heterocycles. The molecule has 2 aliphatic heterocycles. The van der Waals surface area contributed by atoms with Gasteiger partial charge in [0.05, 0.1) is 11.4 Å². The molecule has 0 aromatic heterocycles. The fraction of sp³-hybridized carbons (Fsp3) is 0.444. The molecule has 2 nitrogen and oxygen atoms in total. The standard InChI is InChI=1S/C18H24N2/c1-9-11(3)15-7-8-16-12(4)10(2)14(6)20-18(16)17(15)19-13(9)5/h7-8,13-14,19-20H,1-6H3. The number of hydrogen-bond acceptors (Lipinski definition) is 2. The van der Waals surface area contributed by atoms with Crippen LogP contribution in [0.1, 0.15) is 52.7 Å². The van der Waals surface area contributed by atoms with Crippen molar-refractivity contribution < 1.29 is 0 Å². The lowest BCUT2D eigenvalue weighted by atomic mass is 9.86. The predicted octanol–water partition coefficient (Wildman–Crippen LogP) is 4.90. The molecule has 0 spiro atoms. The maximum absolute atomic E-state index is 3.68. The highest BCUT2D eigenvalue weighted by Crippen LogP contribution is 2.45. The summed E-state index contributed by atoms with van der Waals surface area (Å²) in [5, 5.41) is 7.36. The summed E-state index contributed by atoms with van der Waals surface area (Å²) < 4.78 is 0. The summed E-state index contributed by atoms with van der Waals surface area (Å²) in [5.41, 5.74) is 10.9. The third kappa shape index (κ3) is 1.71. The zero-order valence-electron chi connectivity index (χ0n) is 13.3. The van der Waals surface area contributed by atoms with Crippen molar-refractivity contribution in [2.45, 2.75) is 53.6 Å². The molecular weight excluding hydrogens is 244 g/mol. The molecule has 0 saturated carbocycles. The minimum Gasteiger partial charge on any atom is -0.377 e. The van der Waals surface area contributed by atoms with Crippen LogP contribution in [-0.4, -0.2) is 12.1 Å². The minimum atomic E-state index is 0.401. The molecule has 2 heteroatoms. The highest BCUT2D eigenvalue weighted by molar-refractivity contribution is 5.96. The van der Waals surface area contributed by atoms with Gasteiger partial charge in [0, 0.05) is 23.2 Å². The number of hydrogen-bond donors (Lipinski definition) is 2. The minimum absolute atomic E-state index is 0.401. The molecule has 1 aromatic rings. The smallest absolute Gasteiger partial charge is 0.0663 e. The Labute approximate surface area is 122 Å². The number of allylic oxidation sites excluding steroid dienone is 2. The van der Waals surface area contributed by atoms with Gasteiger partial charge >= 0.3 is 0 Å². The van der Waals surface area contributed by atoms with Crippen molar-refractivity contribution in [2.24, 2.45) is 0 Å². The van der Waals surface area contributed by atoms with Crippen LogP contribution < -0.4 is 10.6 Å². The Morgan fingerprint density at radius 3 is 1.40 bits per heavy atom. The number of nitrogens with one attached hydrogen (secondary N) is 2. The molecule has 106 valence electrons. The average Bonchev–Trinajstić information content (AvgIpc) is 2.42. The Morgan fingerprint density at radius 2 is 1.05 bits per heavy atom. The third-order valence-corrected chi connectivity index (χ3v) is 5.22. The molecule has 20 heavy (non-hydrogen) atoms. The van der Waals surface area contributed by atoms with E-state index in [0.717, 1.165) is 0 Å². The van der Waals surface area contributed by atoms with Crippen molar-refractivity contribution in [3.63, 3.8) is 0 Å². The van der Waals surface area contributed by atoms with E-state index in [-0.39, 0.29) is 0 Å². The Bertz CT molecular complexity index is 593. The largest absolute Gasteiger partial charge is 0.377 e. The van der Waals surface area contributed by atoms with Crippen molar-refractivity contribution in [1.29, 1.82) is 0 Å². The van der Waals surface area contributed by atoms with Crippen molar-refractivity contribution in [3.8, 4) is 0 Å². The summed E-state index contributed by atoms with van der Waals surface area (Å²) in [5.74, 6) is 0. The molecule has 0 saturated heterocycles. The van der Waals surface area contributed by atoms with Crippen molar-refractivity contribution in [3.05, 3.63) is 34.4 Å². The van der Waals surface area contributed by atoms with Gasteiger partial charge in [-0.05, 0) is 63.8 Å². The number of rotatable bonds is 0. The van der Waals surface area contributed by atoms with Gasteiger partial charge in [0.15, 0.2) is 0 Å². The lowest BCUT2D eigenvalue weighted by Crippen LogP contribution is -2.27.